The summed E-state index contributed by atoms with van der Waals surface area (Å²) in [5, 5.41) is 4.47. The van der Waals surface area contributed by atoms with Gasteiger partial charge in [-0.2, -0.15) is 5.10 Å². The van der Waals surface area contributed by atoms with Crippen molar-refractivity contribution in [3.8, 4) is 16.9 Å². The topological polar surface area (TPSA) is 47.4 Å². The van der Waals surface area contributed by atoms with Gasteiger partial charge >= 0.3 is 0 Å². The number of alkyl halides is 2. The van der Waals surface area contributed by atoms with Gasteiger partial charge in [0, 0.05) is 42.3 Å². The number of rotatable bonds is 5. The first-order chi connectivity index (χ1) is 13.8. The molecule has 2 fully saturated rings. The highest BCUT2D eigenvalue weighted by Gasteiger charge is 2.57. The van der Waals surface area contributed by atoms with Crippen molar-refractivity contribution in [1.82, 2.24) is 9.78 Å². The summed E-state index contributed by atoms with van der Waals surface area (Å²) in [6, 6.07) is 4.45. The van der Waals surface area contributed by atoms with Gasteiger partial charge in [0.2, 0.25) is 5.91 Å². The van der Waals surface area contributed by atoms with Crippen molar-refractivity contribution >= 4 is 11.6 Å². The van der Waals surface area contributed by atoms with E-state index in [1.807, 2.05) is 36.1 Å². The zero-order valence-corrected chi connectivity index (χ0v) is 16.7. The molecule has 1 aromatic carbocycles. The average molecular weight is 401 g/mol. The number of nitrogens with zero attached hydrogens (tertiary/aromatic N) is 3. The Hall–Kier alpha value is -2.44. The SMILES string of the molecule is CC(=O)N1c2ccc(-c3cnn(C4CC4)c3)c(OCC3CC3(F)F)c2CCC1C. The molecule has 1 amide bonds. The summed E-state index contributed by atoms with van der Waals surface area (Å²) in [6.07, 6.45) is 7.54. The van der Waals surface area contributed by atoms with Crippen molar-refractivity contribution in [1.29, 1.82) is 0 Å². The van der Waals surface area contributed by atoms with Crippen LogP contribution in [0.15, 0.2) is 24.5 Å². The van der Waals surface area contributed by atoms with Gasteiger partial charge in [-0.25, -0.2) is 8.78 Å². The van der Waals surface area contributed by atoms with Crippen LogP contribution in [0.4, 0.5) is 14.5 Å². The van der Waals surface area contributed by atoms with Crippen LogP contribution in [0.5, 0.6) is 5.75 Å². The predicted molar refractivity (Wildman–Crippen MR) is 105 cm³/mol. The molecule has 3 aliphatic rings. The smallest absolute Gasteiger partial charge is 0.255 e. The minimum Gasteiger partial charge on any atom is -0.492 e. The van der Waals surface area contributed by atoms with Gasteiger partial charge in [-0.1, -0.05) is 0 Å². The van der Waals surface area contributed by atoms with Crippen LogP contribution in [0.25, 0.3) is 11.1 Å². The summed E-state index contributed by atoms with van der Waals surface area (Å²) in [5.41, 5.74) is 3.54. The van der Waals surface area contributed by atoms with E-state index in [4.69, 9.17) is 4.74 Å². The molecule has 5 rings (SSSR count). The molecule has 154 valence electrons. The molecule has 0 N–H and O–H groups in total. The highest BCUT2D eigenvalue weighted by Crippen LogP contribution is 2.50. The molecule has 0 radical (unpaired) electrons. The van der Waals surface area contributed by atoms with Crippen LogP contribution in [0, 0.1) is 5.92 Å². The van der Waals surface area contributed by atoms with Gasteiger partial charge in [0.05, 0.1) is 30.5 Å². The highest BCUT2D eigenvalue weighted by atomic mass is 19.3. The maximum atomic E-state index is 13.4. The van der Waals surface area contributed by atoms with Gasteiger partial charge < -0.3 is 9.64 Å². The largest absolute Gasteiger partial charge is 0.492 e. The minimum absolute atomic E-state index is 0.0111. The van der Waals surface area contributed by atoms with E-state index in [0.717, 1.165) is 48.1 Å². The molecule has 5 nitrogen and oxygen atoms in total. The monoisotopic (exact) mass is 401 g/mol. The molecule has 2 saturated carbocycles. The van der Waals surface area contributed by atoms with Crippen LogP contribution in [0.3, 0.4) is 0 Å². The summed E-state index contributed by atoms with van der Waals surface area (Å²) in [4.78, 5) is 14.0. The lowest BCUT2D eigenvalue weighted by Gasteiger charge is -2.36. The van der Waals surface area contributed by atoms with Crippen LogP contribution in [-0.2, 0) is 11.2 Å². The molecular weight excluding hydrogens is 376 g/mol. The van der Waals surface area contributed by atoms with Gasteiger partial charge in [-0.3, -0.25) is 9.48 Å². The maximum Gasteiger partial charge on any atom is 0.255 e. The predicted octanol–water partition coefficient (Wildman–Crippen LogP) is 4.61. The third kappa shape index (κ3) is 3.30. The Bertz CT molecular complexity index is 967. The van der Waals surface area contributed by atoms with Crippen molar-refractivity contribution in [3.05, 3.63) is 30.1 Å². The van der Waals surface area contributed by atoms with Crippen molar-refractivity contribution in [2.24, 2.45) is 5.92 Å². The molecule has 2 heterocycles. The fraction of sp³-hybridized carbons (Fsp3) is 0.545. The van der Waals surface area contributed by atoms with Crippen molar-refractivity contribution in [3.63, 3.8) is 0 Å². The first kappa shape index (κ1) is 18.6. The molecule has 29 heavy (non-hydrogen) atoms. The summed E-state index contributed by atoms with van der Waals surface area (Å²) >= 11 is 0. The molecule has 0 spiro atoms. The number of ether oxygens (including phenoxy) is 1. The van der Waals surface area contributed by atoms with E-state index < -0.39 is 11.8 Å². The van der Waals surface area contributed by atoms with E-state index in [1.54, 1.807) is 11.8 Å². The number of benzene rings is 1. The van der Waals surface area contributed by atoms with Crippen LogP contribution >= 0.6 is 0 Å². The lowest BCUT2D eigenvalue weighted by Crippen LogP contribution is -2.40. The van der Waals surface area contributed by atoms with E-state index in [9.17, 15) is 13.6 Å². The van der Waals surface area contributed by atoms with Crippen molar-refractivity contribution in [2.75, 3.05) is 11.5 Å². The number of aromatic nitrogens is 2. The number of amides is 1. The molecular formula is C22H25F2N3O2. The molecule has 2 aromatic rings. The Morgan fingerprint density at radius 1 is 1.31 bits per heavy atom. The molecule has 2 aliphatic carbocycles. The van der Waals surface area contributed by atoms with E-state index in [1.165, 1.54) is 0 Å². The number of fused-ring (bicyclic) bond motifs is 1. The second-order valence-electron chi connectivity index (χ2n) is 8.63. The zero-order valence-electron chi connectivity index (χ0n) is 16.7. The first-order valence-electron chi connectivity index (χ1n) is 10.4. The average Bonchev–Trinajstić information content (AvgIpc) is 3.56. The van der Waals surface area contributed by atoms with E-state index in [-0.39, 0.29) is 25.0 Å². The van der Waals surface area contributed by atoms with Crippen LogP contribution in [0.2, 0.25) is 0 Å². The Balaban J connectivity index is 1.55. The van der Waals surface area contributed by atoms with Gasteiger partial charge in [0.25, 0.3) is 5.92 Å². The number of carbonyl (C=O) groups excluding carboxylic acids is 1. The number of carbonyl (C=O) groups is 1. The maximum absolute atomic E-state index is 13.4. The zero-order chi connectivity index (χ0) is 20.3. The van der Waals surface area contributed by atoms with Crippen molar-refractivity contribution < 1.29 is 18.3 Å². The number of hydrogen-bond acceptors (Lipinski definition) is 3. The van der Waals surface area contributed by atoms with Gasteiger partial charge in [0.15, 0.2) is 0 Å². The third-order valence-electron chi connectivity index (χ3n) is 6.31. The van der Waals surface area contributed by atoms with E-state index >= 15 is 0 Å². The van der Waals surface area contributed by atoms with E-state index in [2.05, 4.69) is 5.10 Å². The standard InChI is InChI=1S/C22H25F2N3O2/c1-13-3-6-19-20(27(13)14(2)28)8-7-18(15-10-25-26(11-15)17-4-5-17)21(19)29-12-16-9-22(16,23)24/h7-8,10-11,13,16-17H,3-6,9,12H2,1-2H3. The molecule has 7 heteroatoms. The van der Waals surface area contributed by atoms with Gasteiger partial charge in [-0.15, -0.1) is 0 Å². The second-order valence-corrected chi connectivity index (χ2v) is 8.63. The van der Waals surface area contributed by atoms with Crippen LogP contribution < -0.4 is 9.64 Å². The lowest BCUT2D eigenvalue weighted by molar-refractivity contribution is -0.117. The number of hydrogen-bond donors (Lipinski definition) is 0. The molecule has 0 bridgehead atoms. The number of anilines is 1. The highest BCUT2D eigenvalue weighted by molar-refractivity contribution is 5.95. The van der Waals surface area contributed by atoms with Gasteiger partial charge in [0.1, 0.15) is 5.75 Å². The first-order valence-corrected chi connectivity index (χ1v) is 10.4. The molecule has 2 unspecified atom stereocenters. The molecule has 2 atom stereocenters. The van der Waals surface area contributed by atoms with E-state index in [0.29, 0.717) is 11.8 Å². The summed E-state index contributed by atoms with van der Waals surface area (Å²) < 4.78 is 34.9. The Kier molecular flexibility index (Phi) is 4.19. The summed E-state index contributed by atoms with van der Waals surface area (Å²) in [5.74, 6) is -2.75. The molecule has 1 aromatic heterocycles. The summed E-state index contributed by atoms with van der Waals surface area (Å²) in [7, 11) is 0. The van der Waals surface area contributed by atoms with Crippen LogP contribution in [-0.4, -0.2) is 34.3 Å². The van der Waals surface area contributed by atoms with Crippen LogP contribution in [0.1, 0.15) is 51.1 Å². The molecule has 0 saturated heterocycles. The third-order valence-corrected chi connectivity index (χ3v) is 6.31. The second kappa shape index (κ2) is 6.54. The summed E-state index contributed by atoms with van der Waals surface area (Å²) in [6.45, 7) is 3.58. The minimum atomic E-state index is -2.62. The fourth-order valence-electron chi connectivity index (χ4n) is 4.33. The Labute approximate surface area is 168 Å². The van der Waals surface area contributed by atoms with Gasteiger partial charge in [-0.05, 0) is 44.7 Å². The Morgan fingerprint density at radius 2 is 2.07 bits per heavy atom. The fourth-order valence-corrected chi connectivity index (χ4v) is 4.33. The normalized spacial score (nSPS) is 24.9. The molecule has 1 aliphatic heterocycles. The lowest BCUT2D eigenvalue weighted by atomic mass is 9.92. The number of halogens is 2. The Morgan fingerprint density at radius 3 is 2.72 bits per heavy atom. The van der Waals surface area contributed by atoms with Crippen molar-refractivity contribution in [2.45, 2.75) is 64.0 Å². The quantitative estimate of drug-likeness (QED) is 0.735.